The van der Waals surface area contributed by atoms with Gasteiger partial charge in [0.2, 0.25) is 5.91 Å². The van der Waals surface area contributed by atoms with Crippen LogP contribution in [0.4, 0.5) is 5.69 Å². The van der Waals surface area contributed by atoms with Gasteiger partial charge < -0.3 is 10.2 Å². The molecule has 0 radical (unpaired) electrons. The summed E-state index contributed by atoms with van der Waals surface area (Å²) in [5.41, 5.74) is 1.86. The standard InChI is InChI=1S/C19H20N2O2/c1-21(2)17(22)14-7-6-10-16(13-14)20-18(23)19(11-12-19)15-8-4-3-5-9-15/h3-10,13H,11-12H2,1-2H3,(H,20,23). The zero-order chi connectivity index (χ0) is 16.4. The second kappa shape index (κ2) is 5.88. The van der Waals surface area contributed by atoms with Crippen LogP contribution in [0.2, 0.25) is 0 Å². The molecule has 1 N–H and O–H groups in total. The van der Waals surface area contributed by atoms with Gasteiger partial charge in [0.05, 0.1) is 5.41 Å². The first kappa shape index (κ1) is 15.3. The van der Waals surface area contributed by atoms with Crippen LogP contribution in [0.1, 0.15) is 28.8 Å². The van der Waals surface area contributed by atoms with Gasteiger partial charge in [-0.05, 0) is 36.6 Å². The number of rotatable bonds is 4. The second-order valence-corrected chi connectivity index (χ2v) is 6.18. The van der Waals surface area contributed by atoms with E-state index in [4.69, 9.17) is 0 Å². The van der Waals surface area contributed by atoms with Crippen molar-refractivity contribution in [2.24, 2.45) is 0 Å². The molecule has 0 bridgehead atoms. The number of carbonyl (C=O) groups is 2. The first-order chi connectivity index (χ1) is 11.0. The van der Waals surface area contributed by atoms with Gasteiger partial charge in [-0.2, -0.15) is 0 Å². The van der Waals surface area contributed by atoms with E-state index in [1.807, 2.05) is 36.4 Å². The number of anilines is 1. The Bertz CT molecular complexity index is 734. The van der Waals surface area contributed by atoms with Crippen LogP contribution in [0.25, 0.3) is 0 Å². The summed E-state index contributed by atoms with van der Waals surface area (Å²) in [7, 11) is 3.42. The summed E-state index contributed by atoms with van der Waals surface area (Å²) in [5, 5.41) is 2.97. The minimum Gasteiger partial charge on any atom is -0.345 e. The Morgan fingerprint density at radius 3 is 2.30 bits per heavy atom. The predicted molar refractivity (Wildman–Crippen MR) is 90.4 cm³/mol. The lowest BCUT2D eigenvalue weighted by atomic mass is 9.95. The van der Waals surface area contributed by atoms with Crippen molar-refractivity contribution in [2.75, 3.05) is 19.4 Å². The molecule has 4 heteroatoms. The molecule has 2 aromatic rings. The van der Waals surface area contributed by atoms with Gasteiger partial charge in [-0.3, -0.25) is 9.59 Å². The fraction of sp³-hybridized carbons (Fsp3) is 0.263. The highest BCUT2D eigenvalue weighted by atomic mass is 16.2. The Morgan fingerprint density at radius 2 is 1.70 bits per heavy atom. The van der Waals surface area contributed by atoms with Crippen LogP contribution < -0.4 is 5.32 Å². The lowest BCUT2D eigenvalue weighted by Crippen LogP contribution is -2.28. The van der Waals surface area contributed by atoms with Gasteiger partial charge in [0.15, 0.2) is 0 Å². The molecule has 0 aliphatic heterocycles. The van der Waals surface area contributed by atoms with Gasteiger partial charge in [0.1, 0.15) is 0 Å². The van der Waals surface area contributed by atoms with Crippen LogP contribution in [0, 0.1) is 0 Å². The van der Waals surface area contributed by atoms with E-state index >= 15 is 0 Å². The molecule has 0 atom stereocenters. The molecule has 0 saturated heterocycles. The number of nitrogens with one attached hydrogen (secondary N) is 1. The Labute approximate surface area is 136 Å². The maximum atomic E-state index is 12.7. The Hall–Kier alpha value is -2.62. The Morgan fingerprint density at radius 1 is 1.00 bits per heavy atom. The van der Waals surface area contributed by atoms with Crippen molar-refractivity contribution in [3.05, 3.63) is 65.7 Å². The average Bonchev–Trinajstić information content (AvgIpc) is 3.37. The normalized spacial score (nSPS) is 14.9. The summed E-state index contributed by atoms with van der Waals surface area (Å²) >= 11 is 0. The van der Waals surface area contributed by atoms with Crippen molar-refractivity contribution >= 4 is 17.5 Å². The van der Waals surface area contributed by atoms with Crippen molar-refractivity contribution in [2.45, 2.75) is 18.3 Å². The molecule has 1 aliphatic rings. The van der Waals surface area contributed by atoms with Gasteiger partial charge in [-0.1, -0.05) is 36.4 Å². The molecule has 2 aromatic carbocycles. The van der Waals surface area contributed by atoms with E-state index in [0.29, 0.717) is 11.3 Å². The number of hydrogen-bond acceptors (Lipinski definition) is 2. The molecule has 3 rings (SSSR count). The van der Waals surface area contributed by atoms with E-state index < -0.39 is 5.41 Å². The molecule has 1 fully saturated rings. The molecule has 23 heavy (non-hydrogen) atoms. The fourth-order valence-corrected chi connectivity index (χ4v) is 2.77. The summed E-state index contributed by atoms with van der Waals surface area (Å²) in [6.07, 6.45) is 1.72. The van der Waals surface area contributed by atoms with Crippen LogP contribution in [-0.2, 0) is 10.2 Å². The van der Waals surface area contributed by atoms with Gasteiger partial charge in [-0.25, -0.2) is 0 Å². The molecule has 2 amide bonds. The van der Waals surface area contributed by atoms with E-state index in [0.717, 1.165) is 18.4 Å². The van der Waals surface area contributed by atoms with Gasteiger partial charge in [-0.15, -0.1) is 0 Å². The highest BCUT2D eigenvalue weighted by molar-refractivity contribution is 6.02. The highest BCUT2D eigenvalue weighted by Crippen LogP contribution is 2.48. The third-order valence-electron chi connectivity index (χ3n) is 4.28. The van der Waals surface area contributed by atoms with Crippen molar-refractivity contribution in [1.29, 1.82) is 0 Å². The molecule has 0 aromatic heterocycles. The van der Waals surface area contributed by atoms with Crippen molar-refractivity contribution in [3.8, 4) is 0 Å². The van der Waals surface area contributed by atoms with Crippen molar-refractivity contribution in [1.82, 2.24) is 4.90 Å². The Balaban J connectivity index is 1.79. The lowest BCUT2D eigenvalue weighted by Gasteiger charge is -2.16. The maximum Gasteiger partial charge on any atom is 0.253 e. The van der Waals surface area contributed by atoms with E-state index in [1.165, 1.54) is 4.90 Å². The van der Waals surface area contributed by atoms with Crippen LogP contribution in [0.15, 0.2) is 54.6 Å². The number of carbonyl (C=O) groups excluding carboxylic acids is 2. The Kier molecular flexibility index (Phi) is 3.90. The van der Waals surface area contributed by atoms with E-state index in [1.54, 1.807) is 32.3 Å². The smallest absolute Gasteiger partial charge is 0.253 e. The average molecular weight is 308 g/mol. The van der Waals surface area contributed by atoms with Crippen LogP contribution in [-0.4, -0.2) is 30.8 Å². The summed E-state index contributed by atoms with van der Waals surface area (Å²) < 4.78 is 0. The van der Waals surface area contributed by atoms with Gasteiger partial charge in [0, 0.05) is 25.3 Å². The number of nitrogens with zero attached hydrogens (tertiary/aromatic N) is 1. The second-order valence-electron chi connectivity index (χ2n) is 6.18. The van der Waals surface area contributed by atoms with Crippen molar-refractivity contribution in [3.63, 3.8) is 0 Å². The monoisotopic (exact) mass is 308 g/mol. The molecule has 0 spiro atoms. The molecule has 0 unspecified atom stereocenters. The van der Waals surface area contributed by atoms with Gasteiger partial charge >= 0.3 is 0 Å². The summed E-state index contributed by atoms with van der Waals surface area (Å²) in [5.74, 6) is -0.0801. The topological polar surface area (TPSA) is 49.4 Å². The molecule has 0 heterocycles. The predicted octanol–water partition coefficient (Wildman–Crippen LogP) is 3.06. The zero-order valence-corrected chi connectivity index (χ0v) is 13.4. The highest BCUT2D eigenvalue weighted by Gasteiger charge is 2.51. The largest absolute Gasteiger partial charge is 0.345 e. The van der Waals surface area contributed by atoms with Crippen LogP contribution in [0.3, 0.4) is 0 Å². The van der Waals surface area contributed by atoms with Crippen LogP contribution in [0.5, 0.6) is 0 Å². The third kappa shape index (κ3) is 2.97. The van der Waals surface area contributed by atoms with E-state index in [2.05, 4.69) is 5.32 Å². The third-order valence-corrected chi connectivity index (χ3v) is 4.28. The SMILES string of the molecule is CN(C)C(=O)c1cccc(NC(=O)C2(c3ccccc3)CC2)c1. The summed E-state index contributed by atoms with van der Waals surface area (Å²) in [6.45, 7) is 0. The van der Waals surface area contributed by atoms with Gasteiger partial charge in [0.25, 0.3) is 5.91 Å². The number of benzene rings is 2. The number of amides is 2. The van der Waals surface area contributed by atoms with Crippen molar-refractivity contribution < 1.29 is 9.59 Å². The summed E-state index contributed by atoms with van der Waals surface area (Å²) in [4.78, 5) is 26.3. The minimum atomic E-state index is -0.414. The molecule has 1 aliphatic carbocycles. The van der Waals surface area contributed by atoms with E-state index in [9.17, 15) is 9.59 Å². The number of hydrogen-bond donors (Lipinski definition) is 1. The molecule has 118 valence electrons. The maximum absolute atomic E-state index is 12.7. The first-order valence-electron chi connectivity index (χ1n) is 7.72. The lowest BCUT2D eigenvalue weighted by molar-refractivity contribution is -0.118. The molecular formula is C19H20N2O2. The molecular weight excluding hydrogens is 288 g/mol. The minimum absolute atomic E-state index is 0.00171. The molecule has 4 nitrogen and oxygen atoms in total. The molecule has 1 saturated carbocycles. The first-order valence-corrected chi connectivity index (χ1v) is 7.72. The summed E-state index contributed by atoms with van der Waals surface area (Å²) in [6, 6.07) is 16.9. The quantitative estimate of drug-likeness (QED) is 0.943. The van der Waals surface area contributed by atoms with Crippen LogP contribution >= 0.6 is 0 Å². The fourth-order valence-electron chi connectivity index (χ4n) is 2.77. The van der Waals surface area contributed by atoms with E-state index in [-0.39, 0.29) is 11.8 Å². The zero-order valence-electron chi connectivity index (χ0n) is 13.4.